The minimum absolute atomic E-state index is 0.0937. The van der Waals surface area contributed by atoms with Crippen LogP contribution in [0.1, 0.15) is 6.92 Å². The molecule has 0 aliphatic carbocycles. The van der Waals surface area contributed by atoms with Gasteiger partial charge in [0.2, 0.25) is 0 Å². The molecule has 21 heavy (non-hydrogen) atoms. The first kappa shape index (κ1) is 15.1. The number of hydrogen-bond acceptors (Lipinski definition) is 5. The number of carbonyl (C=O) groups is 2. The minimum Gasteiger partial charge on any atom is -0.480 e. The largest absolute Gasteiger partial charge is 0.480 e. The quantitative estimate of drug-likeness (QED) is 0.862. The number of anilines is 2. The number of pyridine rings is 1. The summed E-state index contributed by atoms with van der Waals surface area (Å²) in [5.41, 5.74) is 0. The molecule has 112 valence electrons. The van der Waals surface area contributed by atoms with Crippen molar-refractivity contribution in [3.8, 4) is 5.75 Å². The molecule has 1 aliphatic heterocycles. The molecule has 0 aromatic carbocycles. The Bertz CT molecular complexity index is 591. The predicted molar refractivity (Wildman–Crippen MR) is 77.9 cm³/mol. The van der Waals surface area contributed by atoms with E-state index < -0.39 is 6.09 Å². The normalized spacial score (nSPS) is 13.2. The first-order chi connectivity index (χ1) is 10.1. The van der Waals surface area contributed by atoms with Crippen molar-refractivity contribution in [1.82, 2.24) is 4.98 Å². The number of ether oxygens (including phenoxy) is 2. The molecule has 0 atom stereocenters. The lowest BCUT2D eigenvalue weighted by atomic mass is 10.3. The number of hydrogen-bond donors (Lipinski definition) is 1. The van der Waals surface area contributed by atoms with Crippen molar-refractivity contribution in [1.29, 1.82) is 0 Å². The third-order valence-electron chi connectivity index (χ3n) is 2.64. The molecular weight excluding hydrogens is 298 g/mol. The molecular formula is C13H14ClN3O4. The molecule has 7 nitrogen and oxygen atoms in total. The molecule has 0 fully saturated rings. The maximum absolute atomic E-state index is 11.8. The van der Waals surface area contributed by atoms with Gasteiger partial charge in [0, 0.05) is 12.6 Å². The van der Waals surface area contributed by atoms with E-state index in [-0.39, 0.29) is 42.3 Å². The summed E-state index contributed by atoms with van der Waals surface area (Å²) in [4.78, 5) is 28.9. The van der Waals surface area contributed by atoms with Gasteiger partial charge < -0.3 is 9.47 Å². The van der Waals surface area contributed by atoms with Crippen molar-refractivity contribution in [2.45, 2.75) is 6.92 Å². The third kappa shape index (κ3) is 3.25. The summed E-state index contributed by atoms with van der Waals surface area (Å²) in [5.74, 6) is 0.499. The number of halogens is 1. The maximum Gasteiger partial charge on any atom is 0.412 e. The van der Waals surface area contributed by atoms with Crippen LogP contribution in [0.3, 0.4) is 0 Å². The average molecular weight is 312 g/mol. The molecule has 0 saturated heterocycles. The Morgan fingerprint density at radius 1 is 1.71 bits per heavy atom. The van der Waals surface area contributed by atoms with Gasteiger partial charge in [0.05, 0.1) is 11.6 Å². The molecule has 1 aromatic rings. The second kappa shape index (κ2) is 6.45. The summed E-state index contributed by atoms with van der Waals surface area (Å²) in [6.45, 7) is 5.68. The van der Waals surface area contributed by atoms with Gasteiger partial charge in [-0.3, -0.25) is 15.0 Å². The Kier molecular flexibility index (Phi) is 4.64. The highest BCUT2D eigenvalue weighted by atomic mass is 35.5. The van der Waals surface area contributed by atoms with Crippen molar-refractivity contribution in [2.24, 2.45) is 0 Å². The highest BCUT2D eigenvalue weighted by Gasteiger charge is 2.28. The van der Waals surface area contributed by atoms with Crippen molar-refractivity contribution in [3.05, 3.63) is 23.7 Å². The zero-order valence-electron chi connectivity index (χ0n) is 11.4. The predicted octanol–water partition coefficient (Wildman–Crippen LogP) is 2.21. The average Bonchev–Trinajstić information content (AvgIpc) is 2.44. The van der Waals surface area contributed by atoms with Gasteiger partial charge in [-0.05, 0) is 6.92 Å². The molecule has 0 saturated carbocycles. The van der Waals surface area contributed by atoms with E-state index in [1.165, 1.54) is 11.0 Å². The van der Waals surface area contributed by atoms with Crippen molar-refractivity contribution < 1.29 is 19.1 Å². The van der Waals surface area contributed by atoms with Crippen molar-refractivity contribution >= 4 is 35.2 Å². The van der Waals surface area contributed by atoms with Crippen LogP contribution in [0.4, 0.5) is 16.4 Å². The summed E-state index contributed by atoms with van der Waals surface area (Å²) in [5, 5.41) is 2.60. The fourth-order valence-corrected chi connectivity index (χ4v) is 1.96. The van der Waals surface area contributed by atoms with E-state index in [0.717, 1.165) is 0 Å². The van der Waals surface area contributed by atoms with E-state index in [1.807, 2.05) is 0 Å². The van der Waals surface area contributed by atoms with Crippen molar-refractivity contribution in [2.75, 3.05) is 30.0 Å². The second-order valence-electron chi connectivity index (χ2n) is 4.07. The Balaban J connectivity index is 2.35. The second-order valence-corrected chi connectivity index (χ2v) is 4.47. The first-order valence-corrected chi connectivity index (χ1v) is 6.63. The smallest absolute Gasteiger partial charge is 0.412 e. The van der Waals surface area contributed by atoms with Gasteiger partial charge in [0.15, 0.2) is 24.0 Å². The molecule has 0 bridgehead atoms. The van der Waals surface area contributed by atoms with E-state index >= 15 is 0 Å². The Labute approximate surface area is 126 Å². The van der Waals surface area contributed by atoms with Gasteiger partial charge in [-0.15, -0.1) is 6.58 Å². The molecule has 0 spiro atoms. The van der Waals surface area contributed by atoms with E-state index in [4.69, 9.17) is 21.1 Å². The number of nitrogens with one attached hydrogen (secondary N) is 1. The van der Waals surface area contributed by atoms with Crippen LogP contribution in [0, 0.1) is 0 Å². The Hall–Kier alpha value is -2.28. The highest BCUT2D eigenvalue weighted by molar-refractivity contribution is 6.33. The van der Waals surface area contributed by atoms with E-state index in [9.17, 15) is 9.59 Å². The number of rotatable bonds is 4. The molecule has 1 aliphatic rings. The number of fused-ring (bicyclic) bond motifs is 1. The number of aromatic nitrogens is 1. The first-order valence-electron chi connectivity index (χ1n) is 6.25. The lowest BCUT2D eigenvalue weighted by molar-refractivity contribution is -0.121. The van der Waals surface area contributed by atoms with Crippen LogP contribution in [-0.2, 0) is 9.53 Å². The topological polar surface area (TPSA) is 80.8 Å². The molecule has 2 heterocycles. The fraction of sp³-hybridized carbons (Fsp3) is 0.308. The highest BCUT2D eigenvalue weighted by Crippen LogP contribution is 2.36. The number of amides is 2. The standard InChI is InChI=1S/C13H14ClN3O4/c1-3-5-17-10(18)7-21-9-6-8(14)11(15-12(9)17)16-13(19)20-4-2/h3,6H,1,4-5,7H2,2H3,(H,15,16,19). The van der Waals surface area contributed by atoms with Crippen molar-refractivity contribution in [3.63, 3.8) is 0 Å². The van der Waals surface area contributed by atoms with Crippen LogP contribution < -0.4 is 15.0 Å². The van der Waals surface area contributed by atoms with Crippen LogP contribution in [0.25, 0.3) is 0 Å². The molecule has 1 aromatic heterocycles. The van der Waals surface area contributed by atoms with E-state index in [0.29, 0.717) is 5.75 Å². The molecule has 2 amide bonds. The van der Waals surface area contributed by atoms with Crippen LogP contribution in [0.5, 0.6) is 5.75 Å². The van der Waals surface area contributed by atoms with Gasteiger partial charge in [0.1, 0.15) is 0 Å². The maximum atomic E-state index is 11.8. The molecule has 2 rings (SSSR count). The van der Waals surface area contributed by atoms with Crippen LogP contribution >= 0.6 is 11.6 Å². The summed E-state index contributed by atoms with van der Waals surface area (Å²) in [6.07, 6.45) is 0.895. The molecule has 1 N–H and O–H groups in total. The summed E-state index contributed by atoms with van der Waals surface area (Å²) < 4.78 is 10.0. The van der Waals surface area contributed by atoms with Gasteiger partial charge >= 0.3 is 6.09 Å². The van der Waals surface area contributed by atoms with Gasteiger partial charge in [-0.1, -0.05) is 17.7 Å². The van der Waals surface area contributed by atoms with Crippen LogP contribution in [0.2, 0.25) is 5.02 Å². The van der Waals surface area contributed by atoms with Gasteiger partial charge in [-0.25, -0.2) is 9.78 Å². The van der Waals surface area contributed by atoms with Gasteiger partial charge in [0.25, 0.3) is 5.91 Å². The SMILES string of the molecule is C=CCN1C(=O)COc2cc(Cl)c(NC(=O)OCC)nc21. The van der Waals surface area contributed by atoms with Crippen LogP contribution in [0.15, 0.2) is 18.7 Å². The molecule has 0 unspecified atom stereocenters. The Morgan fingerprint density at radius 2 is 2.48 bits per heavy atom. The monoisotopic (exact) mass is 311 g/mol. The summed E-state index contributed by atoms with van der Waals surface area (Å²) in [6, 6.07) is 1.49. The molecule has 0 radical (unpaired) electrons. The summed E-state index contributed by atoms with van der Waals surface area (Å²) >= 11 is 6.03. The molecule has 8 heteroatoms. The van der Waals surface area contributed by atoms with E-state index in [2.05, 4.69) is 16.9 Å². The number of nitrogens with zero attached hydrogens (tertiary/aromatic N) is 2. The van der Waals surface area contributed by atoms with Crippen LogP contribution in [-0.4, -0.2) is 36.7 Å². The zero-order valence-corrected chi connectivity index (χ0v) is 12.1. The van der Waals surface area contributed by atoms with E-state index in [1.54, 1.807) is 13.0 Å². The third-order valence-corrected chi connectivity index (χ3v) is 2.93. The summed E-state index contributed by atoms with van der Waals surface area (Å²) in [7, 11) is 0. The number of carbonyl (C=O) groups excluding carboxylic acids is 2. The fourth-order valence-electron chi connectivity index (χ4n) is 1.77. The lowest BCUT2D eigenvalue weighted by Crippen LogP contribution is -2.39. The minimum atomic E-state index is -0.676. The van der Waals surface area contributed by atoms with Gasteiger partial charge in [-0.2, -0.15) is 0 Å². The Morgan fingerprint density at radius 3 is 3.14 bits per heavy atom. The zero-order chi connectivity index (χ0) is 15.4. The lowest BCUT2D eigenvalue weighted by Gasteiger charge is -2.27.